The molecule has 1 amide bonds. The molecule has 19 heavy (non-hydrogen) atoms. The van der Waals surface area contributed by atoms with E-state index in [4.69, 9.17) is 5.14 Å². The van der Waals surface area contributed by atoms with Crippen LogP contribution in [0.1, 0.15) is 23.7 Å². The Balaban J connectivity index is 2.54. The lowest BCUT2D eigenvalue weighted by atomic mass is 10.2. The van der Waals surface area contributed by atoms with Gasteiger partial charge in [-0.3, -0.25) is 9.78 Å². The topological polar surface area (TPSA) is 114 Å². The molecule has 0 aliphatic carbocycles. The highest BCUT2D eigenvalue weighted by molar-refractivity contribution is 7.89. The number of nitrogens with two attached hydrogens (primary N) is 1. The summed E-state index contributed by atoms with van der Waals surface area (Å²) in [5, 5.41) is 10.5. The maximum absolute atomic E-state index is 11.9. The number of sulfonamides is 1. The Kier molecular flexibility index (Phi) is 5.71. The highest BCUT2D eigenvalue weighted by atomic mass is 32.2. The zero-order chi connectivity index (χ0) is 14.3. The van der Waals surface area contributed by atoms with Crippen molar-refractivity contribution in [1.29, 1.82) is 0 Å². The first-order valence-electron chi connectivity index (χ1n) is 5.90. The molecule has 0 spiro atoms. The van der Waals surface area contributed by atoms with Gasteiger partial charge in [0.25, 0.3) is 5.91 Å². The molecule has 0 aromatic carbocycles. The average Bonchev–Trinajstić information content (AvgIpc) is 2.34. The van der Waals surface area contributed by atoms with Gasteiger partial charge in [0.15, 0.2) is 0 Å². The third-order valence-corrected chi connectivity index (χ3v) is 3.18. The smallest absolute Gasteiger partial charge is 0.253 e. The fraction of sp³-hybridized carbons (Fsp3) is 0.455. The normalized spacial score (nSPS) is 11.1. The van der Waals surface area contributed by atoms with Crippen LogP contribution in [-0.2, 0) is 10.0 Å². The first kappa shape index (κ1) is 15.4. The summed E-state index contributed by atoms with van der Waals surface area (Å²) in [7, 11) is -3.48. The molecule has 0 aliphatic rings. The summed E-state index contributed by atoms with van der Waals surface area (Å²) in [6.07, 6.45) is 3.38. The lowest BCUT2D eigenvalue weighted by Crippen LogP contribution is -2.28. The van der Waals surface area contributed by atoms with Crippen molar-refractivity contribution in [3.05, 3.63) is 24.0 Å². The van der Waals surface area contributed by atoms with Crippen LogP contribution in [0, 0.1) is 0 Å². The third-order valence-electron chi connectivity index (χ3n) is 2.32. The van der Waals surface area contributed by atoms with E-state index in [2.05, 4.69) is 15.6 Å². The fourth-order valence-corrected chi connectivity index (χ4v) is 2.04. The van der Waals surface area contributed by atoms with Gasteiger partial charge in [-0.15, -0.1) is 0 Å². The Morgan fingerprint density at radius 1 is 1.47 bits per heavy atom. The van der Waals surface area contributed by atoms with Crippen LogP contribution in [0.15, 0.2) is 18.5 Å². The van der Waals surface area contributed by atoms with Crippen molar-refractivity contribution in [1.82, 2.24) is 10.3 Å². The maximum Gasteiger partial charge on any atom is 0.253 e. The molecule has 0 atom stereocenters. The van der Waals surface area contributed by atoms with E-state index in [0.29, 0.717) is 17.8 Å². The van der Waals surface area contributed by atoms with Gasteiger partial charge >= 0.3 is 0 Å². The lowest BCUT2D eigenvalue weighted by molar-refractivity contribution is 0.0954. The minimum atomic E-state index is -3.48. The van der Waals surface area contributed by atoms with E-state index in [9.17, 15) is 13.2 Å². The van der Waals surface area contributed by atoms with Crippen LogP contribution in [0.4, 0.5) is 5.69 Å². The highest BCUT2D eigenvalue weighted by Crippen LogP contribution is 2.12. The summed E-state index contributed by atoms with van der Waals surface area (Å²) in [4.78, 5) is 15.8. The first-order valence-corrected chi connectivity index (χ1v) is 7.62. The number of pyridine rings is 1. The van der Waals surface area contributed by atoms with E-state index in [-0.39, 0.29) is 24.6 Å². The molecule has 106 valence electrons. The number of nitrogens with one attached hydrogen (secondary N) is 2. The minimum Gasteiger partial charge on any atom is -0.383 e. The Morgan fingerprint density at radius 2 is 2.21 bits per heavy atom. The molecule has 0 bridgehead atoms. The Labute approximate surface area is 112 Å². The largest absolute Gasteiger partial charge is 0.383 e. The van der Waals surface area contributed by atoms with Crippen LogP contribution in [-0.4, -0.2) is 38.2 Å². The van der Waals surface area contributed by atoms with E-state index in [1.54, 1.807) is 12.3 Å². The number of primary sulfonamides is 1. The lowest BCUT2D eigenvalue weighted by Gasteiger charge is -2.10. The summed E-state index contributed by atoms with van der Waals surface area (Å²) in [6.45, 7) is 2.85. The Bertz CT molecular complexity index is 530. The number of amides is 1. The van der Waals surface area contributed by atoms with Crippen molar-refractivity contribution in [3.8, 4) is 0 Å². The van der Waals surface area contributed by atoms with Crippen LogP contribution in [0.3, 0.4) is 0 Å². The standard InChI is InChI=1S/C11H18N4O3S/c1-2-14-10-8-13-6-4-9(10)11(16)15-5-3-7-19(12,17)18/h4,6,8,14H,2-3,5,7H2,1H3,(H,15,16)(H2,12,17,18). The number of hydrogen-bond acceptors (Lipinski definition) is 5. The highest BCUT2D eigenvalue weighted by Gasteiger charge is 2.10. The second kappa shape index (κ2) is 7.05. The number of aromatic nitrogens is 1. The predicted molar refractivity (Wildman–Crippen MR) is 73.3 cm³/mol. The second-order valence-corrected chi connectivity index (χ2v) is 5.66. The molecule has 1 heterocycles. The summed E-state index contributed by atoms with van der Waals surface area (Å²) in [6, 6.07) is 1.60. The molecular weight excluding hydrogens is 268 g/mol. The number of nitrogens with zero attached hydrogens (tertiary/aromatic N) is 1. The second-order valence-electron chi connectivity index (χ2n) is 3.93. The molecule has 0 radical (unpaired) electrons. The number of carbonyl (C=O) groups excluding carboxylic acids is 1. The van der Waals surface area contributed by atoms with E-state index in [1.807, 2.05) is 6.92 Å². The van der Waals surface area contributed by atoms with Gasteiger partial charge in [0.1, 0.15) is 0 Å². The monoisotopic (exact) mass is 286 g/mol. The molecule has 1 aromatic heterocycles. The van der Waals surface area contributed by atoms with Gasteiger partial charge in [-0.25, -0.2) is 13.6 Å². The number of carbonyl (C=O) groups is 1. The molecule has 8 heteroatoms. The van der Waals surface area contributed by atoms with Gasteiger partial charge in [-0.1, -0.05) is 0 Å². The van der Waals surface area contributed by atoms with Crippen molar-refractivity contribution in [2.45, 2.75) is 13.3 Å². The third kappa shape index (κ3) is 5.66. The molecule has 7 nitrogen and oxygen atoms in total. The van der Waals surface area contributed by atoms with E-state index in [0.717, 1.165) is 0 Å². The molecule has 0 unspecified atom stereocenters. The quantitative estimate of drug-likeness (QED) is 0.607. The summed E-state index contributed by atoms with van der Waals surface area (Å²) in [5.74, 6) is -0.420. The minimum absolute atomic E-state index is 0.149. The number of hydrogen-bond donors (Lipinski definition) is 3. The molecule has 4 N–H and O–H groups in total. The van der Waals surface area contributed by atoms with E-state index in [1.165, 1.54) is 6.20 Å². The van der Waals surface area contributed by atoms with Crippen molar-refractivity contribution < 1.29 is 13.2 Å². The molecule has 0 fully saturated rings. The predicted octanol–water partition coefficient (Wildman–Crippen LogP) is -0.0782. The van der Waals surface area contributed by atoms with Gasteiger partial charge < -0.3 is 10.6 Å². The molecule has 1 rings (SSSR count). The molecular formula is C11H18N4O3S. The Morgan fingerprint density at radius 3 is 2.84 bits per heavy atom. The summed E-state index contributed by atoms with van der Waals surface area (Å²) < 4.78 is 21.5. The van der Waals surface area contributed by atoms with Crippen LogP contribution in [0.2, 0.25) is 0 Å². The number of rotatable bonds is 7. The molecule has 0 aliphatic heterocycles. The van der Waals surface area contributed by atoms with Crippen molar-refractivity contribution in [2.75, 3.05) is 24.2 Å². The van der Waals surface area contributed by atoms with Gasteiger partial charge in [0.05, 0.1) is 23.2 Å². The maximum atomic E-state index is 11.9. The fourth-order valence-electron chi connectivity index (χ4n) is 1.49. The molecule has 0 saturated carbocycles. The van der Waals surface area contributed by atoms with Gasteiger partial charge in [-0.2, -0.15) is 0 Å². The molecule has 1 aromatic rings. The van der Waals surface area contributed by atoms with Crippen molar-refractivity contribution in [3.63, 3.8) is 0 Å². The van der Waals surface area contributed by atoms with Crippen LogP contribution in [0.25, 0.3) is 0 Å². The van der Waals surface area contributed by atoms with Gasteiger partial charge in [0.2, 0.25) is 10.0 Å². The summed E-state index contributed by atoms with van der Waals surface area (Å²) >= 11 is 0. The summed E-state index contributed by atoms with van der Waals surface area (Å²) in [5.41, 5.74) is 1.13. The van der Waals surface area contributed by atoms with Crippen molar-refractivity contribution in [2.24, 2.45) is 5.14 Å². The zero-order valence-electron chi connectivity index (χ0n) is 10.7. The van der Waals surface area contributed by atoms with Gasteiger partial charge in [0, 0.05) is 19.3 Å². The van der Waals surface area contributed by atoms with Crippen LogP contribution < -0.4 is 15.8 Å². The average molecular weight is 286 g/mol. The van der Waals surface area contributed by atoms with E-state index < -0.39 is 10.0 Å². The zero-order valence-corrected chi connectivity index (χ0v) is 11.5. The number of anilines is 1. The van der Waals surface area contributed by atoms with Crippen molar-refractivity contribution >= 4 is 21.6 Å². The first-order chi connectivity index (χ1) is 8.94. The van der Waals surface area contributed by atoms with E-state index >= 15 is 0 Å². The molecule has 0 saturated heterocycles. The SMILES string of the molecule is CCNc1cnccc1C(=O)NCCCS(N)(=O)=O. The van der Waals surface area contributed by atoms with Gasteiger partial charge in [-0.05, 0) is 19.4 Å². The Hall–Kier alpha value is -1.67. The van der Waals surface area contributed by atoms with Crippen LogP contribution in [0.5, 0.6) is 0 Å². The van der Waals surface area contributed by atoms with Crippen LogP contribution >= 0.6 is 0 Å².